The Morgan fingerprint density at radius 1 is 1.50 bits per heavy atom. The zero-order valence-corrected chi connectivity index (χ0v) is 9.32. The lowest BCUT2D eigenvalue weighted by atomic mass is 10.3. The lowest BCUT2D eigenvalue weighted by molar-refractivity contribution is 0.193. The summed E-state index contributed by atoms with van der Waals surface area (Å²) in [6, 6.07) is 0. The highest BCUT2D eigenvalue weighted by molar-refractivity contribution is 7.86. The van der Waals surface area contributed by atoms with Gasteiger partial charge in [0.15, 0.2) is 5.82 Å². The van der Waals surface area contributed by atoms with Gasteiger partial charge in [-0.3, -0.25) is 4.55 Å². The zero-order chi connectivity index (χ0) is 12.2. The van der Waals surface area contributed by atoms with E-state index in [0.717, 1.165) is 12.4 Å². The topological polar surface area (TPSA) is 89.4 Å². The summed E-state index contributed by atoms with van der Waals surface area (Å²) >= 11 is 0. The Kier molecular flexibility index (Phi) is 4.27. The van der Waals surface area contributed by atoms with Crippen molar-refractivity contribution < 1.29 is 22.1 Å². The molecule has 0 aliphatic heterocycles. The van der Waals surface area contributed by atoms with E-state index in [-0.39, 0.29) is 18.9 Å². The van der Waals surface area contributed by atoms with Gasteiger partial charge in [-0.05, 0) is 0 Å². The first kappa shape index (κ1) is 12.9. The Morgan fingerprint density at radius 3 is 2.50 bits per heavy atom. The molecule has 6 nitrogen and oxygen atoms in total. The van der Waals surface area contributed by atoms with Gasteiger partial charge >= 0.3 is 0 Å². The predicted octanol–water partition coefficient (Wildman–Crippen LogP) is 0.0610. The molecule has 0 aliphatic rings. The molecule has 0 bridgehead atoms. The molecule has 0 fully saturated rings. The number of aromatic nitrogens is 2. The van der Waals surface area contributed by atoms with Crippen molar-refractivity contribution in [3.05, 3.63) is 24.0 Å². The molecule has 1 rings (SSSR count). The number of hydrogen-bond donors (Lipinski definition) is 1. The monoisotopic (exact) mass is 250 g/mol. The number of methoxy groups -OCH3 is 1. The van der Waals surface area contributed by atoms with Crippen LogP contribution in [0, 0.1) is 5.82 Å². The van der Waals surface area contributed by atoms with Crippen LogP contribution in [0.5, 0.6) is 0 Å². The van der Waals surface area contributed by atoms with Gasteiger partial charge in [0.05, 0.1) is 19.0 Å². The molecular formula is C8H11FN2O4S. The molecule has 0 saturated carbocycles. The van der Waals surface area contributed by atoms with Gasteiger partial charge in [-0.1, -0.05) is 0 Å². The van der Waals surface area contributed by atoms with Gasteiger partial charge in [-0.25, -0.2) is 14.4 Å². The maximum atomic E-state index is 12.5. The van der Waals surface area contributed by atoms with E-state index in [1.54, 1.807) is 0 Å². The van der Waals surface area contributed by atoms with Crippen molar-refractivity contribution in [2.24, 2.45) is 0 Å². The van der Waals surface area contributed by atoms with Crippen molar-refractivity contribution in [1.82, 2.24) is 9.97 Å². The van der Waals surface area contributed by atoms with Crippen molar-refractivity contribution >= 4 is 10.1 Å². The number of ether oxygens (including phenoxy) is 1. The lowest BCUT2D eigenvalue weighted by Gasteiger charge is -2.11. The van der Waals surface area contributed by atoms with E-state index in [1.807, 2.05) is 0 Å². The Hall–Kier alpha value is -1.12. The summed E-state index contributed by atoms with van der Waals surface area (Å²) < 4.78 is 47.9. The third-order valence-electron chi connectivity index (χ3n) is 1.86. The molecule has 16 heavy (non-hydrogen) atoms. The summed E-state index contributed by atoms with van der Waals surface area (Å²) in [5, 5.41) is -1.15. The predicted molar refractivity (Wildman–Crippen MR) is 52.9 cm³/mol. The molecular weight excluding hydrogens is 239 g/mol. The molecule has 0 radical (unpaired) electrons. The number of rotatable bonds is 5. The zero-order valence-electron chi connectivity index (χ0n) is 8.50. The molecule has 0 aliphatic carbocycles. The van der Waals surface area contributed by atoms with Gasteiger partial charge in [-0.15, -0.1) is 0 Å². The largest absolute Gasteiger partial charge is 0.383 e. The molecule has 1 N–H and O–H groups in total. The molecule has 90 valence electrons. The van der Waals surface area contributed by atoms with Gasteiger partial charge in [-0.2, -0.15) is 8.42 Å². The fourth-order valence-corrected chi connectivity index (χ4v) is 1.75. The van der Waals surface area contributed by atoms with Gasteiger partial charge in [0.1, 0.15) is 11.1 Å². The average molecular weight is 250 g/mol. The first-order valence-corrected chi connectivity index (χ1v) is 5.85. The summed E-state index contributed by atoms with van der Waals surface area (Å²) in [5.74, 6) is -0.486. The van der Waals surface area contributed by atoms with E-state index in [1.165, 1.54) is 7.11 Å². The maximum Gasteiger partial charge on any atom is 0.270 e. The van der Waals surface area contributed by atoms with Crippen LogP contribution in [0.3, 0.4) is 0 Å². The van der Waals surface area contributed by atoms with Gasteiger partial charge < -0.3 is 4.74 Å². The number of halogens is 1. The quantitative estimate of drug-likeness (QED) is 0.743. The maximum absolute atomic E-state index is 12.5. The minimum absolute atomic E-state index is 0.126. The molecule has 0 amide bonds. The second kappa shape index (κ2) is 5.28. The van der Waals surface area contributed by atoms with Crippen LogP contribution in [0.25, 0.3) is 0 Å². The molecule has 0 saturated heterocycles. The summed E-state index contributed by atoms with van der Waals surface area (Å²) in [6.45, 7) is -0.181. The van der Waals surface area contributed by atoms with E-state index in [4.69, 9.17) is 4.55 Å². The van der Waals surface area contributed by atoms with Crippen molar-refractivity contribution in [2.45, 2.75) is 11.7 Å². The van der Waals surface area contributed by atoms with Crippen LogP contribution in [0.1, 0.15) is 5.82 Å². The average Bonchev–Trinajstić information content (AvgIpc) is 2.19. The minimum atomic E-state index is -4.23. The minimum Gasteiger partial charge on any atom is -0.383 e. The fourth-order valence-electron chi connectivity index (χ4n) is 1.08. The standard InChI is InChI=1S/C8H11FN2O4S/c1-15-5-7(16(12,13)14)2-8-10-3-6(9)4-11-8/h3-4,7H,2,5H2,1H3,(H,12,13,14). The number of nitrogens with zero attached hydrogens (tertiary/aromatic N) is 2. The smallest absolute Gasteiger partial charge is 0.270 e. The highest BCUT2D eigenvalue weighted by Gasteiger charge is 2.24. The summed E-state index contributed by atoms with van der Waals surface area (Å²) in [7, 11) is -2.92. The van der Waals surface area contributed by atoms with Gasteiger partial charge in [0.2, 0.25) is 0 Å². The van der Waals surface area contributed by atoms with E-state index in [0.29, 0.717) is 0 Å². The Bertz CT molecular complexity index is 434. The Labute approximate surface area is 92.2 Å². The molecule has 1 heterocycles. The SMILES string of the molecule is COCC(Cc1ncc(F)cn1)S(=O)(=O)O. The molecule has 1 aromatic rings. The Balaban J connectivity index is 2.80. The summed E-state index contributed by atoms with van der Waals surface area (Å²) in [6.07, 6.45) is 1.72. The van der Waals surface area contributed by atoms with Crippen molar-refractivity contribution in [1.29, 1.82) is 0 Å². The van der Waals surface area contributed by atoms with Crippen LogP contribution in [-0.2, 0) is 21.3 Å². The first-order chi connectivity index (χ1) is 7.43. The van der Waals surface area contributed by atoms with Gasteiger partial charge in [0, 0.05) is 13.5 Å². The molecule has 0 aromatic carbocycles. The second-order valence-electron chi connectivity index (χ2n) is 3.11. The third-order valence-corrected chi connectivity index (χ3v) is 3.00. The molecule has 1 atom stereocenters. The highest BCUT2D eigenvalue weighted by Crippen LogP contribution is 2.06. The van der Waals surface area contributed by atoms with E-state index < -0.39 is 21.2 Å². The van der Waals surface area contributed by atoms with E-state index in [2.05, 4.69) is 14.7 Å². The molecule has 8 heteroatoms. The first-order valence-electron chi connectivity index (χ1n) is 4.35. The summed E-state index contributed by atoms with van der Waals surface area (Å²) in [5.41, 5.74) is 0. The van der Waals surface area contributed by atoms with Crippen molar-refractivity contribution in [3.63, 3.8) is 0 Å². The normalized spacial score (nSPS) is 13.7. The van der Waals surface area contributed by atoms with Crippen molar-refractivity contribution in [2.75, 3.05) is 13.7 Å². The van der Waals surface area contributed by atoms with Crippen LogP contribution in [0.4, 0.5) is 4.39 Å². The molecule has 1 unspecified atom stereocenters. The van der Waals surface area contributed by atoms with Gasteiger partial charge in [0.25, 0.3) is 10.1 Å². The van der Waals surface area contributed by atoms with Crippen LogP contribution in [-0.4, -0.2) is 41.9 Å². The van der Waals surface area contributed by atoms with E-state index in [9.17, 15) is 12.8 Å². The fraction of sp³-hybridized carbons (Fsp3) is 0.500. The molecule has 0 spiro atoms. The van der Waals surface area contributed by atoms with Crippen LogP contribution in [0.15, 0.2) is 12.4 Å². The molecule has 1 aromatic heterocycles. The second-order valence-corrected chi connectivity index (χ2v) is 4.81. The van der Waals surface area contributed by atoms with Crippen LogP contribution >= 0.6 is 0 Å². The summed E-state index contributed by atoms with van der Waals surface area (Å²) in [4.78, 5) is 7.19. The van der Waals surface area contributed by atoms with Crippen molar-refractivity contribution in [3.8, 4) is 0 Å². The lowest BCUT2D eigenvalue weighted by Crippen LogP contribution is -2.28. The van der Waals surface area contributed by atoms with Crippen LogP contribution in [0.2, 0.25) is 0 Å². The highest BCUT2D eigenvalue weighted by atomic mass is 32.2. The number of hydrogen-bond acceptors (Lipinski definition) is 5. The third kappa shape index (κ3) is 3.80. The Morgan fingerprint density at radius 2 is 2.06 bits per heavy atom. The van der Waals surface area contributed by atoms with Crippen LogP contribution < -0.4 is 0 Å². The van der Waals surface area contributed by atoms with E-state index >= 15 is 0 Å².